The standard InChI is InChI=1S/C9H5F3N2O2/c1-16-9(15)5-2-4(10)7(8(11)12)6(3-13)14-5/h2,8H,1H3. The molecule has 1 aromatic heterocycles. The van der Waals surface area contributed by atoms with Crippen molar-refractivity contribution in [1.29, 1.82) is 5.26 Å². The number of alkyl halides is 2. The Labute approximate surface area is 88.3 Å². The number of ether oxygens (including phenoxy) is 1. The number of nitriles is 1. The van der Waals surface area contributed by atoms with Crippen molar-refractivity contribution in [2.45, 2.75) is 6.43 Å². The molecule has 0 aliphatic rings. The third-order valence-electron chi connectivity index (χ3n) is 1.73. The Hall–Kier alpha value is -2.10. The molecule has 7 heteroatoms. The molecule has 0 spiro atoms. The summed E-state index contributed by atoms with van der Waals surface area (Å²) in [6, 6.07) is 1.81. The highest BCUT2D eigenvalue weighted by Crippen LogP contribution is 2.25. The fourth-order valence-corrected chi connectivity index (χ4v) is 1.03. The zero-order chi connectivity index (χ0) is 12.3. The van der Waals surface area contributed by atoms with Crippen molar-refractivity contribution in [3.63, 3.8) is 0 Å². The van der Waals surface area contributed by atoms with E-state index in [4.69, 9.17) is 5.26 Å². The van der Waals surface area contributed by atoms with Crippen molar-refractivity contribution in [2.24, 2.45) is 0 Å². The van der Waals surface area contributed by atoms with Crippen molar-refractivity contribution >= 4 is 5.97 Å². The molecular formula is C9H5F3N2O2. The number of carbonyl (C=O) groups is 1. The highest BCUT2D eigenvalue weighted by atomic mass is 19.3. The maximum Gasteiger partial charge on any atom is 0.356 e. The number of nitrogens with zero attached hydrogens (tertiary/aromatic N) is 2. The first-order valence-corrected chi connectivity index (χ1v) is 3.98. The maximum atomic E-state index is 13.2. The number of halogens is 3. The smallest absolute Gasteiger partial charge is 0.356 e. The topological polar surface area (TPSA) is 63.0 Å². The van der Waals surface area contributed by atoms with Crippen LogP contribution in [0.15, 0.2) is 6.07 Å². The second-order valence-electron chi connectivity index (χ2n) is 2.66. The van der Waals surface area contributed by atoms with Gasteiger partial charge in [-0.15, -0.1) is 0 Å². The lowest BCUT2D eigenvalue weighted by Crippen LogP contribution is -2.09. The van der Waals surface area contributed by atoms with Crippen LogP contribution >= 0.6 is 0 Å². The van der Waals surface area contributed by atoms with Gasteiger partial charge in [0.2, 0.25) is 0 Å². The Morgan fingerprint density at radius 2 is 2.25 bits per heavy atom. The molecule has 0 unspecified atom stereocenters. The van der Waals surface area contributed by atoms with Gasteiger partial charge in [-0.2, -0.15) is 5.26 Å². The van der Waals surface area contributed by atoms with E-state index in [9.17, 15) is 18.0 Å². The van der Waals surface area contributed by atoms with E-state index in [0.717, 1.165) is 7.11 Å². The number of hydrogen-bond donors (Lipinski definition) is 0. The fourth-order valence-electron chi connectivity index (χ4n) is 1.03. The van der Waals surface area contributed by atoms with Gasteiger partial charge < -0.3 is 4.74 Å². The van der Waals surface area contributed by atoms with E-state index in [2.05, 4.69) is 9.72 Å². The first-order valence-electron chi connectivity index (χ1n) is 3.98. The maximum absolute atomic E-state index is 13.2. The van der Waals surface area contributed by atoms with Crippen LogP contribution < -0.4 is 0 Å². The van der Waals surface area contributed by atoms with E-state index in [1.54, 1.807) is 0 Å². The number of hydrogen-bond acceptors (Lipinski definition) is 4. The summed E-state index contributed by atoms with van der Waals surface area (Å²) in [4.78, 5) is 14.3. The molecule has 0 radical (unpaired) electrons. The predicted octanol–water partition coefficient (Wildman–Crippen LogP) is 1.82. The molecule has 1 heterocycles. The van der Waals surface area contributed by atoms with E-state index in [1.807, 2.05) is 0 Å². The largest absolute Gasteiger partial charge is 0.464 e. The third kappa shape index (κ3) is 2.11. The number of carbonyl (C=O) groups excluding carboxylic acids is 1. The molecule has 1 rings (SSSR count). The van der Waals surface area contributed by atoms with Crippen LogP contribution in [-0.2, 0) is 4.74 Å². The van der Waals surface area contributed by atoms with Gasteiger partial charge in [0.1, 0.15) is 11.9 Å². The van der Waals surface area contributed by atoms with Crippen molar-refractivity contribution in [3.05, 3.63) is 28.8 Å². The molecule has 0 saturated heterocycles. The molecule has 0 bridgehead atoms. The van der Waals surface area contributed by atoms with Gasteiger partial charge in [-0.25, -0.2) is 22.9 Å². The van der Waals surface area contributed by atoms with Crippen LogP contribution in [0.25, 0.3) is 0 Å². The normalized spacial score (nSPS) is 10.0. The minimum absolute atomic E-state index is 0.508. The lowest BCUT2D eigenvalue weighted by atomic mass is 10.1. The van der Waals surface area contributed by atoms with E-state index in [0.29, 0.717) is 6.07 Å². The lowest BCUT2D eigenvalue weighted by molar-refractivity contribution is 0.0592. The summed E-state index contributed by atoms with van der Waals surface area (Å²) in [5.74, 6) is -2.36. The summed E-state index contributed by atoms with van der Waals surface area (Å²) in [7, 11) is 1.02. The van der Waals surface area contributed by atoms with E-state index >= 15 is 0 Å². The summed E-state index contributed by atoms with van der Waals surface area (Å²) in [5, 5.41) is 8.51. The highest BCUT2D eigenvalue weighted by molar-refractivity contribution is 5.87. The Morgan fingerprint density at radius 1 is 1.62 bits per heavy atom. The van der Waals surface area contributed by atoms with Gasteiger partial charge in [0.05, 0.1) is 12.7 Å². The first-order chi connectivity index (χ1) is 7.51. The van der Waals surface area contributed by atoms with Crippen LogP contribution in [-0.4, -0.2) is 18.1 Å². The number of pyridine rings is 1. The Kier molecular flexibility index (Phi) is 3.45. The number of esters is 1. The molecule has 0 amide bonds. The number of methoxy groups -OCH3 is 1. The summed E-state index contributed by atoms with van der Waals surface area (Å²) in [6.07, 6.45) is -3.17. The van der Waals surface area contributed by atoms with Crippen LogP contribution in [0.2, 0.25) is 0 Å². The number of aromatic nitrogens is 1. The van der Waals surface area contributed by atoms with Gasteiger partial charge in [0.25, 0.3) is 6.43 Å². The second-order valence-corrected chi connectivity index (χ2v) is 2.66. The molecule has 84 valence electrons. The summed E-state index contributed by atoms with van der Waals surface area (Å²) >= 11 is 0. The molecule has 1 aromatic rings. The average molecular weight is 230 g/mol. The van der Waals surface area contributed by atoms with Gasteiger partial charge in [-0.05, 0) is 0 Å². The molecule has 0 atom stereocenters. The molecule has 0 aromatic carbocycles. The van der Waals surface area contributed by atoms with Gasteiger partial charge >= 0.3 is 5.97 Å². The minimum Gasteiger partial charge on any atom is -0.464 e. The second kappa shape index (κ2) is 4.61. The SMILES string of the molecule is COC(=O)c1cc(F)c(C(F)F)c(C#N)n1. The van der Waals surface area contributed by atoms with Gasteiger partial charge in [-0.3, -0.25) is 0 Å². The van der Waals surface area contributed by atoms with Gasteiger partial charge in [0, 0.05) is 6.07 Å². The van der Waals surface area contributed by atoms with E-state index < -0.39 is 35.2 Å². The van der Waals surface area contributed by atoms with Crippen molar-refractivity contribution < 1.29 is 22.7 Å². The van der Waals surface area contributed by atoms with Crippen molar-refractivity contribution in [1.82, 2.24) is 4.98 Å². The van der Waals surface area contributed by atoms with Crippen LogP contribution in [0.1, 0.15) is 28.2 Å². The summed E-state index contributed by atoms with van der Waals surface area (Å²) < 4.78 is 42.1. The Balaban J connectivity index is 3.39. The first kappa shape index (κ1) is 12.0. The molecule has 16 heavy (non-hydrogen) atoms. The molecule has 0 aliphatic carbocycles. The lowest BCUT2D eigenvalue weighted by Gasteiger charge is -2.05. The monoisotopic (exact) mass is 230 g/mol. The third-order valence-corrected chi connectivity index (χ3v) is 1.73. The van der Waals surface area contributed by atoms with Gasteiger partial charge in [0.15, 0.2) is 11.4 Å². The van der Waals surface area contributed by atoms with Crippen LogP contribution in [0.5, 0.6) is 0 Å². The summed E-state index contributed by atoms with van der Waals surface area (Å²) in [6.45, 7) is 0. The average Bonchev–Trinajstić information content (AvgIpc) is 2.26. The van der Waals surface area contributed by atoms with Crippen LogP contribution in [0, 0.1) is 17.1 Å². The van der Waals surface area contributed by atoms with E-state index in [-0.39, 0.29) is 0 Å². The number of rotatable bonds is 2. The zero-order valence-corrected chi connectivity index (χ0v) is 8.00. The van der Waals surface area contributed by atoms with Crippen molar-refractivity contribution in [3.8, 4) is 6.07 Å². The molecule has 0 aliphatic heterocycles. The van der Waals surface area contributed by atoms with Gasteiger partial charge in [-0.1, -0.05) is 0 Å². The minimum atomic E-state index is -3.17. The van der Waals surface area contributed by atoms with Crippen molar-refractivity contribution in [2.75, 3.05) is 7.11 Å². The molecule has 4 nitrogen and oxygen atoms in total. The Bertz CT molecular complexity index is 469. The van der Waals surface area contributed by atoms with Crippen LogP contribution in [0.3, 0.4) is 0 Å². The molecular weight excluding hydrogens is 225 g/mol. The molecule has 0 saturated carbocycles. The quantitative estimate of drug-likeness (QED) is 0.727. The fraction of sp³-hybridized carbons (Fsp3) is 0.222. The summed E-state index contributed by atoms with van der Waals surface area (Å²) in [5.41, 5.74) is -2.47. The van der Waals surface area contributed by atoms with Crippen LogP contribution in [0.4, 0.5) is 13.2 Å². The zero-order valence-electron chi connectivity index (χ0n) is 8.00. The van der Waals surface area contributed by atoms with E-state index in [1.165, 1.54) is 6.07 Å². The predicted molar refractivity (Wildman–Crippen MR) is 45.2 cm³/mol. The molecule has 0 fully saturated rings. The Morgan fingerprint density at radius 3 is 2.69 bits per heavy atom. The molecule has 0 N–H and O–H groups in total. The highest BCUT2D eigenvalue weighted by Gasteiger charge is 2.23.